The summed E-state index contributed by atoms with van der Waals surface area (Å²) in [5, 5.41) is 6.44. The maximum absolute atomic E-state index is 12.8. The maximum atomic E-state index is 12.8. The number of hydrogen-bond donors (Lipinski definition) is 2. The Balaban J connectivity index is 1.21. The highest BCUT2D eigenvalue weighted by Crippen LogP contribution is 2.46. The van der Waals surface area contributed by atoms with Crippen LogP contribution in [-0.4, -0.2) is 41.8 Å². The summed E-state index contributed by atoms with van der Waals surface area (Å²) in [5.74, 6) is 0.358. The summed E-state index contributed by atoms with van der Waals surface area (Å²) in [6.45, 7) is 3.60. The van der Waals surface area contributed by atoms with E-state index in [4.69, 9.17) is 11.6 Å². The lowest BCUT2D eigenvalue weighted by Crippen LogP contribution is -2.37. The molecule has 0 radical (unpaired) electrons. The molecule has 3 aliphatic rings. The molecule has 3 atom stereocenters. The van der Waals surface area contributed by atoms with Gasteiger partial charge in [-0.25, -0.2) is 0 Å². The highest BCUT2D eigenvalue weighted by atomic mass is 35.5. The fourth-order valence-electron chi connectivity index (χ4n) is 4.52. The van der Waals surface area contributed by atoms with Gasteiger partial charge >= 0.3 is 0 Å². The third-order valence-corrected chi connectivity index (χ3v) is 6.74. The molecule has 2 heterocycles. The van der Waals surface area contributed by atoms with Crippen molar-refractivity contribution < 1.29 is 14.4 Å². The van der Waals surface area contributed by atoms with E-state index in [1.807, 2.05) is 11.8 Å². The van der Waals surface area contributed by atoms with Crippen molar-refractivity contribution in [1.82, 2.24) is 15.5 Å². The number of halogens is 1. The number of likely N-dealkylation sites (tertiary alicyclic amines) is 1. The maximum Gasteiger partial charge on any atom is 0.254 e. The van der Waals surface area contributed by atoms with Crippen molar-refractivity contribution in [3.8, 4) is 0 Å². The largest absolute Gasteiger partial charge is 0.349 e. The fourth-order valence-corrected chi connectivity index (χ4v) is 4.70. The second-order valence-corrected chi connectivity index (χ2v) is 8.41. The number of nitrogens with zero attached hydrogens (tertiary/aromatic N) is 1. The number of amides is 3. The van der Waals surface area contributed by atoms with Gasteiger partial charge in [0.25, 0.3) is 17.7 Å². The zero-order chi connectivity index (χ0) is 20.3. The van der Waals surface area contributed by atoms with E-state index in [0.29, 0.717) is 53.2 Å². The predicted octanol–water partition coefficient (Wildman–Crippen LogP) is 2.39. The summed E-state index contributed by atoms with van der Waals surface area (Å²) >= 11 is 6.14. The number of hydrogen-bond acceptors (Lipinski definition) is 3. The summed E-state index contributed by atoms with van der Waals surface area (Å²) in [4.78, 5) is 38.9. The molecule has 3 amide bonds. The number of carbonyl (C=O) groups excluding carboxylic acids is 3. The lowest BCUT2D eigenvalue weighted by molar-refractivity contribution is 0.0768. The molecule has 1 saturated carbocycles. The molecule has 7 heteroatoms. The third-order valence-electron chi connectivity index (χ3n) is 6.33. The standard InChI is InChI=1S/C22H20ClN3O3/c1-11-14(3-2-4-18(11)23)22(29)26-9-16-17(10-26)19(16)25-20(27)12-5-6-15-13(7-12)8-24-21(15)28/h2-7,16-17,19H,8-10H2,1H3,(H,24,28)(H,25,27)/t16-,17+,19?. The zero-order valence-electron chi connectivity index (χ0n) is 15.9. The van der Waals surface area contributed by atoms with E-state index in [1.165, 1.54) is 0 Å². The fraction of sp³-hybridized carbons (Fsp3) is 0.318. The van der Waals surface area contributed by atoms with Crippen molar-refractivity contribution in [2.24, 2.45) is 11.8 Å². The number of rotatable bonds is 3. The zero-order valence-corrected chi connectivity index (χ0v) is 16.6. The van der Waals surface area contributed by atoms with Gasteiger partial charge in [-0.05, 0) is 48.4 Å². The van der Waals surface area contributed by atoms with Crippen molar-refractivity contribution in [2.75, 3.05) is 13.1 Å². The molecule has 148 valence electrons. The van der Waals surface area contributed by atoms with Crippen LogP contribution in [0.1, 0.15) is 42.2 Å². The van der Waals surface area contributed by atoms with Gasteiger partial charge in [-0.3, -0.25) is 14.4 Å². The van der Waals surface area contributed by atoms with Crippen LogP contribution in [0.2, 0.25) is 5.02 Å². The van der Waals surface area contributed by atoms with Gasteiger partial charge < -0.3 is 15.5 Å². The Kier molecular flexibility index (Phi) is 4.13. The Morgan fingerprint density at radius 3 is 2.69 bits per heavy atom. The molecule has 0 aromatic heterocycles. The van der Waals surface area contributed by atoms with Gasteiger partial charge in [-0.15, -0.1) is 0 Å². The van der Waals surface area contributed by atoms with Crippen molar-refractivity contribution in [3.05, 3.63) is 69.2 Å². The summed E-state index contributed by atoms with van der Waals surface area (Å²) in [6, 6.07) is 10.6. The third kappa shape index (κ3) is 2.99. The average molecular weight is 410 g/mol. The molecule has 2 fully saturated rings. The molecule has 1 unspecified atom stereocenters. The molecular formula is C22H20ClN3O3. The predicted molar refractivity (Wildman–Crippen MR) is 108 cm³/mol. The molecule has 1 aliphatic carbocycles. The molecular weight excluding hydrogens is 390 g/mol. The smallest absolute Gasteiger partial charge is 0.254 e. The van der Waals surface area contributed by atoms with Crippen LogP contribution in [0.4, 0.5) is 0 Å². The van der Waals surface area contributed by atoms with Crippen molar-refractivity contribution in [2.45, 2.75) is 19.5 Å². The van der Waals surface area contributed by atoms with E-state index < -0.39 is 0 Å². The number of fused-ring (bicyclic) bond motifs is 2. The van der Waals surface area contributed by atoms with Crippen LogP contribution in [0.3, 0.4) is 0 Å². The van der Waals surface area contributed by atoms with E-state index in [0.717, 1.165) is 11.1 Å². The second-order valence-electron chi connectivity index (χ2n) is 8.00. The summed E-state index contributed by atoms with van der Waals surface area (Å²) in [5.41, 5.74) is 3.49. The van der Waals surface area contributed by atoms with Crippen LogP contribution in [0.25, 0.3) is 0 Å². The Hall–Kier alpha value is -2.86. The van der Waals surface area contributed by atoms with Gasteiger partial charge in [0.05, 0.1) is 0 Å². The molecule has 2 aromatic rings. The Morgan fingerprint density at radius 2 is 1.93 bits per heavy atom. The first kappa shape index (κ1) is 18.2. The van der Waals surface area contributed by atoms with Crippen LogP contribution < -0.4 is 10.6 Å². The van der Waals surface area contributed by atoms with Crippen molar-refractivity contribution in [1.29, 1.82) is 0 Å². The second kappa shape index (κ2) is 6.59. The molecule has 6 nitrogen and oxygen atoms in total. The lowest BCUT2D eigenvalue weighted by Gasteiger charge is -2.21. The van der Waals surface area contributed by atoms with Gasteiger partial charge in [0.1, 0.15) is 0 Å². The van der Waals surface area contributed by atoms with Crippen LogP contribution >= 0.6 is 11.6 Å². The van der Waals surface area contributed by atoms with Crippen LogP contribution in [0.5, 0.6) is 0 Å². The number of carbonyl (C=O) groups is 3. The van der Waals surface area contributed by atoms with E-state index >= 15 is 0 Å². The molecule has 5 rings (SSSR count). The average Bonchev–Trinajstić information content (AvgIpc) is 3.06. The van der Waals surface area contributed by atoms with Gasteiger partial charge in [-0.2, -0.15) is 0 Å². The first-order chi connectivity index (χ1) is 13.9. The minimum absolute atomic E-state index is 0.00179. The number of nitrogens with one attached hydrogen (secondary N) is 2. The normalized spacial score (nSPS) is 24.0. The first-order valence-corrected chi connectivity index (χ1v) is 10.1. The monoisotopic (exact) mass is 409 g/mol. The topological polar surface area (TPSA) is 78.5 Å². The SMILES string of the molecule is Cc1c(Cl)cccc1C(=O)N1C[C@@H]2C(NC(=O)c3ccc4c(c3)CNC4=O)[C@@H]2C1. The molecule has 2 aliphatic heterocycles. The van der Waals surface area contributed by atoms with Crippen molar-refractivity contribution in [3.63, 3.8) is 0 Å². The Bertz CT molecular complexity index is 1060. The van der Waals surface area contributed by atoms with Gasteiger partial charge in [-0.1, -0.05) is 17.7 Å². The molecule has 0 bridgehead atoms. The number of benzene rings is 2. The summed E-state index contributed by atoms with van der Waals surface area (Å²) in [6.07, 6.45) is 0. The highest BCUT2D eigenvalue weighted by molar-refractivity contribution is 6.31. The molecule has 2 aromatic carbocycles. The van der Waals surface area contributed by atoms with Gasteiger partial charge in [0.15, 0.2) is 0 Å². The Morgan fingerprint density at radius 1 is 1.17 bits per heavy atom. The van der Waals surface area contributed by atoms with E-state index in [2.05, 4.69) is 10.6 Å². The van der Waals surface area contributed by atoms with Crippen LogP contribution in [0.15, 0.2) is 36.4 Å². The first-order valence-electron chi connectivity index (χ1n) is 9.70. The highest BCUT2D eigenvalue weighted by Gasteiger charge is 2.57. The quantitative estimate of drug-likeness (QED) is 0.817. The minimum Gasteiger partial charge on any atom is -0.349 e. The Labute approximate surface area is 173 Å². The molecule has 0 spiro atoms. The van der Waals surface area contributed by atoms with Gasteiger partial charge in [0, 0.05) is 59.2 Å². The van der Waals surface area contributed by atoms with Crippen LogP contribution in [-0.2, 0) is 6.54 Å². The lowest BCUT2D eigenvalue weighted by atomic mass is 10.1. The van der Waals surface area contributed by atoms with E-state index in [1.54, 1.807) is 36.4 Å². The van der Waals surface area contributed by atoms with E-state index in [-0.39, 0.29) is 23.8 Å². The molecule has 2 N–H and O–H groups in total. The summed E-state index contributed by atoms with van der Waals surface area (Å²) < 4.78 is 0. The summed E-state index contributed by atoms with van der Waals surface area (Å²) in [7, 11) is 0. The molecule has 29 heavy (non-hydrogen) atoms. The minimum atomic E-state index is -0.130. The van der Waals surface area contributed by atoms with Crippen molar-refractivity contribution >= 4 is 29.3 Å². The number of piperidine rings is 1. The van der Waals surface area contributed by atoms with Crippen LogP contribution in [0, 0.1) is 18.8 Å². The van der Waals surface area contributed by atoms with Gasteiger partial charge in [0.2, 0.25) is 0 Å². The van der Waals surface area contributed by atoms with E-state index in [9.17, 15) is 14.4 Å². The molecule has 1 saturated heterocycles.